The molecule has 4 aromatic rings. The zero-order valence-electron chi connectivity index (χ0n) is 19.0. The number of hydrogen-bond donors (Lipinski definition) is 0. The van der Waals surface area contributed by atoms with Crippen LogP contribution in [0.15, 0.2) is 80.6 Å². The van der Waals surface area contributed by atoms with Crippen LogP contribution in [0, 0.1) is 0 Å². The van der Waals surface area contributed by atoms with Gasteiger partial charge in [-0.25, -0.2) is 12.4 Å². The molecule has 34 heavy (non-hydrogen) atoms. The Labute approximate surface area is 216 Å². The molecule has 0 aliphatic heterocycles. The number of methoxy groups -OCH3 is 1. The average molecular weight is 608 g/mol. The summed E-state index contributed by atoms with van der Waals surface area (Å²) >= 11 is 6.95. The van der Waals surface area contributed by atoms with E-state index in [9.17, 15) is 8.42 Å². The van der Waals surface area contributed by atoms with Gasteiger partial charge in [0.1, 0.15) is 22.9 Å². The highest BCUT2D eigenvalue weighted by molar-refractivity contribution is 9.10. The minimum absolute atomic E-state index is 0.130. The lowest BCUT2D eigenvalue weighted by molar-refractivity contribution is 0.264. The lowest BCUT2D eigenvalue weighted by atomic mass is 10.1. The first-order valence-corrected chi connectivity index (χ1v) is 13.5. The van der Waals surface area contributed by atoms with Crippen LogP contribution in [0.3, 0.4) is 0 Å². The van der Waals surface area contributed by atoms with Crippen LogP contribution in [0.1, 0.15) is 0 Å². The molecule has 0 fully saturated rings. The van der Waals surface area contributed by atoms with E-state index in [1.165, 1.54) is 11.1 Å². The van der Waals surface area contributed by atoms with E-state index in [-0.39, 0.29) is 4.90 Å². The summed E-state index contributed by atoms with van der Waals surface area (Å²) in [6, 6.07) is 19.8. The molecule has 0 bridgehead atoms. The van der Waals surface area contributed by atoms with Crippen LogP contribution in [0.4, 0.5) is 0 Å². The van der Waals surface area contributed by atoms with E-state index in [4.69, 9.17) is 9.47 Å². The molecule has 9 heteroatoms. The lowest BCUT2D eigenvalue weighted by Gasteiger charge is -2.16. The predicted molar refractivity (Wildman–Crippen MR) is 142 cm³/mol. The standard InChI is InChI=1S/C25H24Br2N2O4S/c1-28(2)13-14-33-25-20-15-18(26)9-11-22(20)29(24(25)17-7-5-4-6-8-17)34(30,31)23-12-10-19(32-3)16-21(23)27/h4-12,15-16H,13-14H2,1-3H3. The van der Waals surface area contributed by atoms with Gasteiger partial charge in [-0.2, -0.15) is 0 Å². The number of benzene rings is 3. The van der Waals surface area contributed by atoms with Crippen molar-refractivity contribution in [2.24, 2.45) is 0 Å². The van der Waals surface area contributed by atoms with Gasteiger partial charge in [0, 0.05) is 26.4 Å². The highest BCUT2D eigenvalue weighted by Crippen LogP contribution is 2.44. The summed E-state index contributed by atoms with van der Waals surface area (Å²) in [5.41, 5.74) is 1.75. The molecule has 4 rings (SSSR count). The largest absolute Gasteiger partial charge is 0.497 e. The molecule has 0 aliphatic carbocycles. The first-order valence-electron chi connectivity index (χ1n) is 10.5. The normalized spacial score (nSPS) is 11.8. The van der Waals surface area contributed by atoms with Crippen molar-refractivity contribution < 1.29 is 17.9 Å². The van der Waals surface area contributed by atoms with Gasteiger partial charge in [0.05, 0.1) is 12.6 Å². The van der Waals surface area contributed by atoms with Gasteiger partial charge in [-0.1, -0.05) is 46.3 Å². The molecule has 0 aliphatic rings. The molecule has 3 aromatic carbocycles. The van der Waals surface area contributed by atoms with Crippen molar-refractivity contribution >= 4 is 52.8 Å². The van der Waals surface area contributed by atoms with Crippen molar-refractivity contribution in [2.45, 2.75) is 4.90 Å². The minimum atomic E-state index is -4.02. The minimum Gasteiger partial charge on any atom is -0.497 e. The summed E-state index contributed by atoms with van der Waals surface area (Å²) < 4.78 is 42.5. The van der Waals surface area contributed by atoms with Crippen molar-refractivity contribution in [1.82, 2.24) is 8.87 Å². The number of likely N-dealkylation sites (N-methyl/N-ethyl adjacent to an activating group) is 1. The van der Waals surface area contributed by atoms with Crippen molar-refractivity contribution in [3.8, 4) is 22.8 Å². The van der Waals surface area contributed by atoms with Gasteiger partial charge < -0.3 is 14.4 Å². The molecule has 1 aromatic heterocycles. The molecule has 0 saturated heterocycles. The van der Waals surface area contributed by atoms with Crippen LogP contribution in [0.25, 0.3) is 22.2 Å². The second-order valence-corrected chi connectivity index (χ2v) is 11.4. The molecule has 0 atom stereocenters. The summed E-state index contributed by atoms with van der Waals surface area (Å²) in [7, 11) is 1.45. The summed E-state index contributed by atoms with van der Waals surface area (Å²) in [5, 5.41) is 0.709. The zero-order valence-corrected chi connectivity index (χ0v) is 22.9. The summed E-state index contributed by atoms with van der Waals surface area (Å²) in [6.07, 6.45) is 0. The molecule has 1 heterocycles. The van der Waals surface area contributed by atoms with E-state index in [2.05, 4.69) is 31.9 Å². The molecule has 0 unspecified atom stereocenters. The Morgan fingerprint density at radius 2 is 1.71 bits per heavy atom. The maximum atomic E-state index is 14.2. The number of nitrogens with zero attached hydrogens (tertiary/aromatic N) is 2. The number of hydrogen-bond acceptors (Lipinski definition) is 5. The fraction of sp³-hybridized carbons (Fsp3) is 0.200. The Morgan fingerprint density at radius 1 is 0.971 bits per heavy atom. The van der Waals surface area contributed by atoms with Crippen LogP contribution in [-0.4, -0.2) is 51.6 Å². The first-order chi connectivity index (χ1) is 16.2. The Hall–Kier alpha value is -2.33. The second-order valence-electron chi connectivity index (χ2n) is 7.92. The molecular formula is C25H24Br2N2O4S. The number of ether oxygens (including phenoxy) is 2. The van der Waals surface area contributed by atoms with Crippen LogP contribution in [0.5, 0.6) is 11.5 Å². The van der Waals surface area contributed by atoms with Crippen molar-refractivity contribution in [3.63, 3.8) is 0 Å². The van der Waals surface area contributed by atoms with E-state index in [1.807, 2.05) is 61.5 Å². The highest BCUT2D eigenvalue weighted by atomic mass is 79.9. The quantitative estimate of drug-likeness (QED) is 0.245. The second kappa shape index (κ2) is 10.1. The Kier molecular flexibility index (Phi) is 7.37. The smallest absolute Gasteiger partial charge is 0.269 e. The molecule has 0 N–H and O–H groups in total. The van der Waals surface area contributed by atoms with Gasteiger partial charge in [-0.3, -0.25) is 0 Å². The van der Waals surface area contributed by atoms with E-state index in [1.54, 1.807) is 24.3 Å². The van der Waals surface area contributed by atoms with E-state index in [0.717, 1.165) is 10.0 Å². The summed E-state index contributed by atoms with van der Waals surface area (Å²) in [5.74, 6) is 1.08. The van der Waals surface area contributed by atoms with Crippen molar-refractivity contribution in [3.05, 3.63) is 75.7 Å². The SMILES string of the molecule is COc1ccc(S(=O)(=O)n2c(-c3ccccc3)c(OCCN(C)C)c3cc(Br)ccc32)c(Br)c1. The third kappa shape index (κ3) is 4.75. The lowest BCUT2D eigenvalue weighted by Crippen LogP contribution is -2.20. The maximum Gasteiger partial charge on any atom is 0.269 e. The van der Waals surface area contributed by atoms with Gasteiger partial charge in [0.2, 0.25) is 0 Å². The number of halogens is 2. The first kappa shape index (κ1) is 24.8. The maximum absolute atomic E-state index is 14.2. The van der Waals surface area contributed by atoms with Crippen LogP contribution in [0.2, 0.25) is 0 Å². The summed E-state index contributed by atoms with van der Waals surface area (Å²) in [6.45, 7) is 1.09. The molecule has 0 amide bonds. The van der Waals surface area contributed by atoms with E-state index in [0.29, 0.717) is 45.7 Å². The number of aromatic nitrogens is 1. The van der Waals surface area contributed by atoms with Crippen molar-refractivity contribution in [1.29, 1.82) is 0 Å². The van der Waals surface area contributed by atoms with E-state index >= 15 is 0 Å². The fourth-order valence-electron chi connectivity index (χ4n) is 3.69. The van der Waals surface area contributed by atoms with E-state index < -0.39 is 10.0 Å². The molecule has 0 radical (unpaired) electrons. The molecular weight excluding hydrogens is 584 g/mol. The number of rotatable bonds is 8. The van der Waals surface area contributed by atoms with Crippen LogP contribution in [-0.2, 0) is 10.0 Å². The predicted octanol–water partition coefficient (Wildman–Crippen LogP) is 6.02. The monoisotopic (exact) mass is 606 g/mol. The Morgan fingerprint density at radius 3 is 2.35 bits per heavy atom. The molecule has 0 spiro atoms. The zero-order chi connectivity index (χ0) is 24.5. The summed E-state index contributed by atoms with van der Waals surface area (Å²) in [4.78, 5) is 2.15. The molecule has 178 valence electrons. The Bertz CT molecular complexity index is 1430. The van der Waals surface area contributed by atoms with Crippen LogP contribution < -0.4 is 9.47 Å². The van der Waals surface area contributed by atoms with Crippen LogP contribution >= 0.6 is 31.9 Å². The molecule has 6 nitrogen and oxygen atoms in total. The third-order valence-corrected chi connectivity index (χ3v) is 8.51. The average Bonchev–Trinajstić information content (AvgIpc) is 3.13. The van der Waals surface area contributed by atoms with Gasteiger partial charge >= 0.3 is 0 Å². The third-order valence-electron chi connectivity index (χ3n) is 5.33. The van der Waals surface area contributed by atoms with Gasteiger partial charge in [-0.05, 0) is 66.4 Å². The van der Waals surface area contributed by atoms with Crippen molar-refractivity contribution in [2.75, 3.05) is 34.4 Å². The van der Waals surface area contributed by atoms with Gasteiger partial charge in [0.15, 0.2) is 5.75 Å². The number of fused-ring (bicyclic) bond motifs is 1. The molecule has 0 saturated carbocycles. The van der Waals surface area contributed by atoms with Gasteiger partial charge in [0.25, 0.3) is 10.0 Å². The van der Waals surface area contributed by atoms with Gasteiger partial charge in [-0.15, -0.1) is 0 Å². The topological polar surface area (TPSA) is 60.8 Å². The highest BCUT2D eigenvalue weighted by Gasteiger charge is 2.30. The Balaban J connectivity index is 2.05. The fourth-order valence-corrected chi connectivity index (χ4v) is 6.62.